The second kappa shape index (κ2) is 9.52. The van der Waals surface area contributed by atoms with Gasteiger partial charge in [0.15, 0.2) is 0 Å². The van der Waals surface area contributed by atoms with Gasteiger partial charge in [-0.15, -0.1) is 0 Å². The number of ether oxygens (including phenoxy) is 1. The maximum atomic E-state index is 13.1. The molecule has 0 aromatic carbocycles. The van der Waals surface area contributed by atoms with Gasteiger partial charge in [0.1, 0.15) is 5.54 Å². The van der Waals surface area contributed by atoms with Crippen molar-refractivity contribution in [3.8, 4) is 6.07 Å². The van der Waals surface area contributed by atoms with Crippen molar-refractivity contribution in [1.82, 2.24) is 15.5 Å². The van der Waals surface area contributed by atoms with Gasteiger partial charge in [0.2, 0.25) is 11.8 Å². The standard InChI is InChI=1S/C20H32N4O3/c21-14-20(6-7-22-15-20)23-19(26)17(12-16-4-2-1-3-5-16)13-18(25)24-8-10-27-11-9-24/h16-17,22H,1-13,15H2,(H,23,26)/t17-,20?/m1/s1. The molecule has 0 aromatic heterocycles. The van der Waals surface area contributed by atoms with Crippen LogP contribution in [0.4, 0.5) is 0 Å². The molecule has 27 heavy (non-hydrogen) atoms. The number of hydrogen-bond donors (Lipinski definition) is 2. The summed E-state index contributed by atoms with van der Waals surface area (Å²) in [6, 6.07) is 2.28. The van der Waals surface area contributed by atoms with Crippen molar-refractivity contribution in [1.29, 1.82) is 5.26 Å². The molecule has 0 radical (unpaired) electrons. The lowest BCUT2D eigenvalue weighted by molar-refractivity contribution is -0.140. The maximum Gasteiger partial charge on any atom is 0.224 e. The number of amides is 2. The van der Waals surface area contributed by atoms with Crippen LogP contribution in [0.2, 0.25) is 0 Å². The Kier molecular flexibility index (Phi) is 7.08. The predicted molar refractivity (Wildman–Crippen MR) is 101 cm³/mol. The van der Waals surface area contributed by atoms with E-state index in [9.17, 15) is 14.9 Å². The zero-order valence-corrected chi connectivity index (χ0v) is 16.2. The zero-order valence-electron chi connectivity index (χ0n) is 16.2. The summed E-state index contributed by atoms with van der Waals surface area (Å²) in [5, 5.41) is 15.7. The summed E-state index contributed by atoms with van der Waals surface area (Å²) in [4.78, 5) is 27.6. The van der Waals surface area contributed by atoms with Crippen molar-refractivity contribution in [2.75, 3.05) is 39.4 Å². The summed E-state index contributed by atoms with van der Waals surface area (Å²) in [5.41, 5.74) is -0.829. The predicted octanol–water partition coefficient (Wildman–Crippen LogP) is 1.19. The highest BCUT2D eigenvalue weighted by molar-refractivity contribution is 5.86. The number of nitrogens with zero attached hydrogens (tertiary/aromatic N) is 2. The summed E-state index contributed by atoms with van der Waals surface area (Å²) >= 11 is 0. The number of carbonyl (C=O) groups is 2. The van der Waals surface area contributed by atoms with Crippen LogP contribution in [0.15, 0.2) is 0 Å². The van der Waals surface area contributed by atoms with Gasteiger partial charge in [0.05, 0.1) is 19.3 Å². The molecule has 1 unspecified atom stereocenters. The molecule has 7 nitrogen and oxygen atoms in total. The molecule has 0 aromatic rings. The summed E-state index contributed by atoms with van der Waals surface area (Å²) in [6.07, 6.45) is 7.56. The van der Waals surface area contributed by atoms with Gasteiger partial charge in [-0.05, 0) is 25.3 Å². The molecule has 2 aliphatic heterocycles. The van der Waals surface area contributed by atoms with E-state index < -0.39 is 5.54 Å². The van der Waals surface area contributed by atoms with E-state index >= 15 is 0 Å². The monoisotopic (exact) mass is 376 g/mol. The minimum Gasteiger partial charge on any atom is -0.378 e. The first-order chi connectivity index (χ1) is 13.1. The Labute approximate surface area is 161 Å². The number of rotatable bonds is 6. The van der Waals surface area contributed by atoms with Gasteiger partial charge < -0.3 is 20.3 Å². The van der Waals surface area contributed by atoms with E-state index in [0.717, 1.165) is 25.8 Å². The first-order valence-corrected chi connectivity index (χ1v) is 10.4. The highest BCUT2D eigenvalue weighted by Crippen LogP contribution is 2.31. The summed E-state index contributed by atoms with van der Waals surface area (Å²) < 4.78 is 5.32. The first-order valence-electron chi connectivity index (χ1n) is 10.4. The van der Waals surface area contributed by atoms with Gasteiger partial charge in [0, 0.05) is 32.0 Å². The maximum absolute atomic E-state index is 13.1. The molecule has 2 N–H and O–H groups in total. The van der Waals surface area contributed by atoms with Crippen LogP contribution in [0.3, 0.4) is 0 Å². The summed E-state index contributed by atoms with van der Waals surface area (Å²) in [5.74, 6) is 0.0539. The molecule has 3 aliphatic rings. The van der Waals surface area contributed by atoms with Crippen LogP contribution < -0.4 is 10.6 Å². The van der Waals surface area contributed by atoms with Crippen LogP contribution in [0, 0.1) is 23.2 Å². The molecule has 1 saturated carbocycles. The molecule has 2 saturated heterocycles. The molecular formula is C20H32N4O3. The smallest absolute Gasteiger partial charge is 0.224 e. The van der Waals surface area contributed by atoms with Crippen LogP contribution >= 0.6 is 0 Å². The number of morpholine rings is 1. The van der Waals surface area contributed by atoms with Crippen molar-refractivity contribution in [2.45, 2.75) is 56.9 Å². The average Bonchev–Trinajstić information content (AvgIpc) is 3.18. The number of nitrogens with one attached hydrogen (secondary N) is 2. The normalized spacial score (nSPS) is 27.7. The lowest BCUT2D eigenvalue weighted by atomic mass is 9.81. The van der Waals surface area contributed by atoms with Gasteiger partial charge in [-0.3, -0.25) is 9.59 Å². The fraction of sp³-hybridized carbons (Fsp3) is 0.850. The summed E-state index contributed by atoms with van der Waals surface area (Å²) in [6.45, 7) is 3.53. The Morgan fingerprint density at radius 1 is 1.26 bits per heavy atom. The third-order valence-electron chi connectivity index (χ3n) is 6.23. The van der Waals surface area contributed by atoms with Gasteiger partial charge in [-0.2, -0.15) is 5.26 Å². The topological polar surface area (TPSA) is 94.5 Å². The van der Waals surface area contributed by atoms with E-state index in [-0.39, 0.29) is 24.2 Å². The minimum absolute atomic E-state index is 0.0322. The molecule has 1 aliphatic carbocycles. The molecular weight excluding hydrogens is 344 g/mol. The van der Waals surface area contributed by atoms with Crippen LogP contribution in [-0.2, 0) is 14.3 Å². The number of carbonyl (C=O) groups excluding carboxylic acids is 2. The van der Waals surface area contributed by atoms with E-state index in [1.165, 1.54) is 19.3 Å². The molecule has 150 valence electrons. The molecule has 2 amide bonds. The third kappa shape index (κ3) is 5.43. The lowest BCUT2D eigenvalue weighted by Gasteiger charge is -2.31. The summed E-state index contributed by atoms with van der Waals surface area (Å²) in [7, 11) is 0. The van der Waals surface area contributed by atoms with Crippen LogP contribution in [0.25, 0.3) is 0 Å². The highest BCUT2D eigenvalue weighted by atomic mass is 16.5. The molecule has 2 heterocycles. The van der Waals surface area contributed by atoms with E-state index in [1.807, 2.05) is 4.90 Å². The van der Waals surface area contributed by atoms with Gasteiger partial charge in [-0.1, -0.05) is 32.1 Å². The van der Waals surface area contributed by atoms with Gasteiger partial charge >= 0.3 is 0 Å². The van der Waals surface area contributed by atoms with Crippen molar-refractivity contribution >= 4 is 11.8 Å². The molecule has 0 spiro atoms. The second-order valence-electron chi connectivity index (χ2n) is 8.24. The van der Waals surface area contributed by atoms with E-state index in [2.05, 4.69) is 16.7 Å². The Hall–Kier alpha value is -1.65. The van der Waals surface area contributed by atoms with Crippen molar-refractivity contribution in [3.05, 3.63) is 0 Å². The molecule has 7 heteroatoms. The minimum atomic E-state index is -0.829. The van der Waals surface area contributed by atoms with Crippen LogP contribution in [-0.4, -0.2) is 61.6 Å². The second-order valence-corrected chi connectivity index (χ2v) is 8.24. The Bertz CT molecular complexity index is 556. The largest absolute Gasteiger partial charge is 0.378 e. The SMILES string of the molecule is N#CC1(NC(=O)[C@@H](CC(=O)N2CCOCC2)CC2CCCCC2)CCNC1. The van der Waals surface area contributed by atoms with Crippen LogP contribution in [0.5, 0.6) is 0 Å². The van der Waals surface area contributed by atoms with Crippen molar-refractivity contribution in [3.63, 3.8) is 0 Å². The molecule has 2 atom stereocenters. The Morgan fingerprint density at radius 2 is 2.00 bits per heavy atom. The fourth-order valence-electron chi connectivity index (χ4n) is 4.52. The lowest BCUT2D eigenvalue weighted by Crippen LogP contribution is -2.52. The van der Waals surface area contributed by atoms with E-state index in [4.69, 9.17) is 4.74 Å². The van der Waals surface area contributed by atoms with Crippen molar-refractivity contribution < 1.29 is 14.3 Å². The molecule has 3 fully saturated rings. The number of hydrogen-bond acceptors (Lipinski definition) is 5. The van der Waals surface area contributed by atoms with Gasteiger partial charge in [0.25, 0.3) is 0 Å². The van der Waals surface area contributed by atoms with Crippen molar-refractivity contribution in [2.24, 2.45) is 11.8 Å². The average molecular weight is 377 g/mol. The Morgan fingerprint density at radius 3 is 2.63 bits per heavy atom. The molecule has 3 rings (SSSR count). The Balaban J connectivity index is 1.65. The highest BCUT2D eigenvalue weighted by Gasteiger charge is 2.38. The quantitative estimate of drug-likeness (QED) is 0.726. The third-order valence-corrected chi connectivity index (χ3v) is 6.23. The fourth-order valence-corrected chi connectivity index (χ4v) is 4.52. The van der Waals surface area contributed by atoms with E-state index in [0.29, 0.717) is 45.2 Å². The number of nitriles is 1. The van der Waals surface area contributed by atoms with Gasteiger partial charge in [-0.25, -0.2) is 0 Å². The molecule has 0 bridgehead atoms. The first kappa shape index (κ1) is 20.1. The zero-order chi connectivity index (χ0) is 19.1. The van der Waals surface area contributed by atoms with E-state index in [1.54, 1.807) is 0 Å². The van der Waals surface area contributed by atoms with Crippen LogP contribution in [0.1, 0.15) is 51.4 Å².